The SMILES string of the molecule is CCOc1ccccc1CCNc1ccc2ncc(Br)n2n1. The Bertz CT molecular complexity index is 772. The zero-order chi connectivity index (χ0) is 15.4. The van der Waals surface area contributed by atoms with Crippen molar-refractivity contribution in [2.45, 2.75) is 13.3 Å². The molecule has 2 aromatic heterocycles. The second kappa shape index (κ2) is 6.79. The minimum Gasteiger partial charge on any atom is -0.494 e. The van der Waals surface area contributed by atoms with Crippen molar-refractivity contribution in [2.75, 3.05) is 18.5 Å². The van der Waals surface area contributed by atoms with E-state index in [9.17, 15) is 0 Å². The van der Waals surface area contributed by atoms with Crippen LogP contribution in [0.3, 0.4) is 0 Å². The van der Waals surface area contributed by atoms with Crippen LogP contribution in [-0.4, -0.2) is 27.7 Å². The van der Waals surface area contributed by atoms with Crippen LogP contribution < -0.4 is 10.1 Å². The summed E-state index contributed by atoms with van der Waals surface area (Å²) in [7, 11) is 0. The summed E-state index contributed by atoms with van der Waals surface area (Å²) >= 11 is 3.43. The van der Waals surface area contributed by atoms with Crippen LogP contribution in [0, 0.1) is 0 Å². The Kier molecular flexibility index (Phi) is 4.58. The standard InChI is InChI=1S/C16H17BrN4O/c1-2-22-13-6-4-3-5-12(13)9-10-18-15-7-8-16-19-11-14(17)21(16)20-15/h3-8,11H,2,9-10H2,1H3,(H,18,20). The highest BCUT2D eigenvalue weighted by atomic mass is 79.9. The first-order valence-corrected chi connectivity index (χ1v) is 8.02. The Labute approximate surface area is 137 Å². The van der Waals surface area contributed by atoms with Gasteiger partial charge in [0, 0.05) is 6.54 Å². The molecule has 1 N–H and O–H groups in total. The molecule has 0 atom stereocenters. The third kappa shape index (κ3) is 3.22. The van der Waals surface area contributed by atoms with Crippen molar-refractivity contribution >= 4 is 27.4 Å². The predicted molar refractivity (Wildman–Crippen MR) is 90.5 cm³/mol. The molecule has 0 bridgehead atoms. The maximum absolute atomic E-state index is 5.64. The molecule has 3 rings (SSSR count). The molecule has 0 saturated carbocycles. The van der Waals surface area contributed by atoms with Gasteiger partial charge in [0.05, 0.1) is 12.8 Å². The number of fused-ring (bicyclic) bond motifs is 1. The number of rotatable bonds is 6. The zero-order valence-corrected chi connectivity index (χ0v) is 13.9. The molecule has 0 aliphatic heterocycles. The summed E-state index contributed by atoms with van der Waals surface area (Å²) in [5.41, 5.74) is 2.01. The molecule has 2 heterocycles. The van der Waals surface area contributed by atoms with Crippen molar-refractivity contribution < 1.29 is 4.74 Å². The van der Waals surface area contributed by atoms with Gasteiger partial charge < -0.3 is 10.1 Å². The van der Waals surface area contributed by atoms with Crippen molar-refractivity contribution in [2.24, 2.45) is 0 Å². The molecule has 3 aromatic rings. The van der Waals surface area contributed by atoms with E-state index in [2.05, 4.69) is 37.4 Å². The molecule has 0 fully saturated rings. The maximum atomic E-state index is 5.64. The van der Waals surface area contributed by atoms with Gasteiger partial charge in [-0.05, 0) is 53.0 Å². The number of nitrogens with one attached hydrogen (secondary N) is 1. The van der Waals surface area contributed by atoms with Crippen LogP contribution in [0.5, 0.6) is 5.75 Å². The number of hydrogen-bond acceptors (Lipinski definition) is 4. The lowest BCUT2D eigenvalue weighted by Crippen LogP contribution is -2.09. The van der Waals surface area contributed by atoms with Crippen LogP contribution in [0.4, 0.5) is 5.82 Å². The van der Waals surface area contributed by atoms with Crippen molar-refractivity contribution in [3.63, 3.8) is 0 Å². The lowest BCUT2D eigenvalue weighted by molar-refractivity contribution is 0.336. The van der Waals surface area contributed by atoms with E-state index in [1.165, 1.54) is 5.56 Å². The smallest absolute Gasteiger partial charge is 0.154 e. The third-order valence-electron chi connectivity index (χ3n) is 3.29. The first-order valence-electron chi connectivity index (χ1n) is 7.23. The molecule has 0 saturated heterocycles. The predicted octanol–water partition coefficient (Wildman–Crippen LogP) is 3.55. The zero-order valence-electron chi connectivity index (χ0n) is 12.3. The maximum Gasteiger partial charge on any atom is 0.154 e. The van der Waals surface area contributed by atoms with E-state index in [1.807, 2.05) is 37.3 Å². The van der Waals surface area contributed by atoms with Gasteiger partial charge in [-0.2, -0.15) is 0 Å². The summed E-state index contributed by atoms with van der Waals surface area (Å²) in [6.45, 7) is 3.46. The van der Waals surface area contributed by atoms with Crippen LogP contribution in [-0.2, 0) is 6.42 Å². The molecule has 0 unspecified atom stereocenters. The topological polar surface area (TPSA) is 51.5 Å². The quantitative estimate of drug-likeness (QED) is 0.730. The number of aromatic nitrogens is 3. The summed E-state index contributed by atoms with van der Waals surface area (Å²) in [5, 5.41) is 7.83. The number of nitrogens with zero attached hydrogens (tertiary/aromatic N) is 3. The molecule has 6 heteroatoms. The monoisotopic (exact) mass is 360 g/mol. The Morgan fingerprint density at radius 3 is 2.95 bits per heavy atom. The number of halogens is 1. The number of para-hydroxylation sites is 1. The first kappa shape index (κ1) is 14.8. The van der Waals surface area contributed by atoms with E-state index >= 15 is 0 Å². The lowest BCUT2D eigenvalue weighted by atomic mass is 10.1. The molecule has 0 aliphatic rings. The fourth-order valence-corrected chi connectivity index (χ4v) is 2.63. The minimum atomic E-state index is 0.678. The number of anilines is 1. The van der Waals surface area contributed by atoms with E-state index < -0.39 is 0 Å². The minimum absolute atomic E-state index is 0.678. The van der Waals surface area contributed by atoms with E-state index in [4.69, 9.17) is 4.74 Å². The lowest BCUT2D eigenvalue weighted by Gasteiger charge is -2.10. The molecular formula is C16H17BrN4O. The van der Waals surface area contributed by atoms with Gasteiger partial charge in [0.1, 0.15) is 16.2 Å². The fourth-order valence-electron chi connectivity index (χ4n) is 2.27. The van der Waals surface area contributed by atoms with Crippen molar-refractivity contribution in [1.29, 1.82) is 0 Å². The largest absolute Gasteiger partial charge is 0.494 e. The third-order valence-corrected chi connectivity index (χ3v) is 3.83. The molecule has 1 aromatic carbocycles. The molecule has 22 heavy (non-hydrogen) atoms. The van der Waals surface area contributed by atoms with Crippen LogP contribution in [0.2, 0.25) is 0 Å². The molecule has 114 valence electrons. The van der Waals surface area contributed by atoms with Gasteiger partial charge in [0.2, 0.25) is 0 Å². The Morgan fingerprint density at radius 1 is 1.23 bits per heavy atom. The second-order valence-corrected chi connectivity index (χ2v) is 5.60. The molecule has 5 nitrogen and oxygen atoms in total. The molecule has 0 radical (unpaired) electrons. The van der Waals surface area contributed by atoms with E-state index in [0.717, 1.165) is 34.8 Å². The van der Waals surface area contributed by atoms with Crippen molar-refractivity contribution in [3.8, 4) is 5.75 Å². The Morgan fingerprint density at radius 2 is 2.09 bits per heavy atom. The van der Waals surface area contributed by atoms with Crippen LogP contribution in [0.1, 0.15) is 12.5 Å². The van der Waals surface area contributed by atoms with Gasteiger partial charge in [0.15, 0.2) is 5.65 Å². The summed E-state index contributed by atoms with van der Waals surface area (Å²) in [6.07, 6.45) is 2.62. The van der Waals surface area contributed by atoms with Crippen LogP contribution in [0.25, 0.3) is 5.65 Å². The van der Waals surface area contributed by atoms with Crippen molar-refractivity contribution in [1.82, 2.24) is 14.6 Å². The average Bonchev–Trinajstić information content (AvgIpc) is 2.90. The van der Waals surface area contributed by atoms with Gasteiger partial charge in [-0.1, -0.05) is 18.2 Å². The van der Waals surface area contributed by atoms with Gasteiger partial charge in [-0.3, -0.25) is 0 Å². The highest BCUT2D eigenvalue weighted by molar-refractivity contribution is 9.10. The molecule has 0 spiro atoms. The fraction of sp³-hybridized carbons (Fsp3) is 0.250. The average molecular weight is 361 g/mol. The number of ether oxygens (including phenoxy) is 1. The highest BCUT2D eigenvalue weighted by Crippen LogP contribution is 2.19. The Balaban J connectivity index is 1.66. The van der Waals surface area contributed by atoms with Gasteiger partial charge >= 0.3 is 0 Å². The van der Waals surface area contributed by atoms with Crippen molar-refractivity contribution in [3.05, 3.63) is 52.8 Å². The highest BCUT2D eigenvalue weighted by Gasteiger charge is 2.04. The number of hydrogen-bond donors (Lipinski definition) is 1. The summed E-state index contributed by atoms with van der Waals surface area (Å²) in [5.74, 6) is 1.77. The van der Waals surface area contributed by atoms with E-state index in [1.54, 1.807) is 10.7 Å². The number of benzene rings is 1. The van der Waals surface area contributed by atoms with Gasteiger partial charge in [0.25, 0.3) is 0 Å². The molecule has 0 amide bonds. The van der Waals surface area contributed by atoms with Gasteiger partial charge in [-0.15, -0.1) is 5.10 Å². The summed E-state index contributed by atoms with van der Waals surface area (Å²) in [4.78, 5) is 4.23. The number of imidazole rings is 1. The molecule has 0 aliphatic carbocycles. The van der Waals surface area contributed by atoms with Crippen LogP contribution in [0.15, 0.2) is 47.2 Å². The second-order valence-electron chi connectivity index (χ2n) is 4.79. The van der Waals surface area contributed by atoms with Gasteiger partial charge in [-0.25, -0.2) is 9.50 Å². The summed E-state index contributed by atoms with van der Waals surface area (Å²) in [6, 6.07) is 12.0. The Hall–Kier alpha value is -2.08. The van der Waals surface area contributed by atoms with E-state index in [-0.39, 0.29) is 0 Å². The summed E-state index contributed by atoms with van der Waals surface area (Å²) < 4.78 is 8.24. The van der Waals surface area contributed by atoms with Crippen LogP contribution >= 0.6 is 15.9 Å². The molecular weight excluding hydrogens is 344 g/mol. The van der Waals surface area contributed by atoms with E-state index in [0.29, 0.717) is 6.61 Å². The first-order chi connectivity index (χ1) is 10.8. The normalized spacial score (nSPS) is 10.8.